The molecule has 0 saturated heterocycles. The predicted molar refractivity (Wildman–Crippen MR) is 65.3 cm³/mol. The lowest BCUT2D eigenvalue weighted by atomic mass is 10.1. The van der Waals surface area contributed by atoms with Gasteiger partial charge in [0.05, 0.1) is 10.9 Å². The molecular formula is C13H10F3NO3. The summed E-state index contributed by atoms with van der Waals surface area (Å²) < 4.78 is 41.5. The zero-order chi connectivity index (χ0) is 15.0. The summed E-state index contributed by atoms with van der Waals surface area (Å²) in [5, 5.41) is 8.45. The number of hydrogen-bond acceptors (Lipinski definition) is 2. The first-order valence-electron chi connectivity index (χ1n) is 5.82. The molecular weight excluding hydrogens is 275 g/mol. The number of nitrogens with zero attached hydrogens (tertiary/aromatic N) is 1. The number of aryl methyl sites for hydroxylation is 1. The van der Waals surface area contributed by atoms with Crippen molar-refractivity contribution in [3.63, 3.8) is 0 Å². The lowest BCUT2D eigenvalue weighted by Gasteiger charge is -2.12. The van der Waals surface area contributed by atoms with Gasteiger partial charge in [-0.25, -0.2) is 18.0 Å². The van der Waals surface area contributed by atoms with E-state index in [0.717, 1.165) is 10.8 Å². The zero-order valence-electron chi connectivity index (χ0n) is 10.4. The quantitative estimate of drug-likeness (QED) is 0.881. The fourth-order valence-electron chi connectivity index (χ4n) is 2.03. The van der Waals surface area contributed by atoms with Crippen LogP contribution in [-0.2, 0) is 6.54 Å². The van der Waals surface area contributed by atoms with Crippen molar-refractivity contribution in [1.29, 1.82) is 0 Å². The zero-order valence-corrected chi connectivity index (χ0v) is 10.4. The Morgan fingerprint density at radius 3 is 2.50 bits per heavy atom. The number of hydrogen-bond donors (Lipinski definition) is 1. The van der Waals surface area contributed by atoms with Crippen LogP contribution >= 0.6 is 0 Å². The highest BCUT2D eigenvalue weighted by molar-refractivity contribution is 5.92. The summed E-state index contributed by atoms with van der Waals surface area (Å²) in [7, 11) is 0. The Morgan fingerprint density at radius 1 is 1.30 bits per heavy atom. The number of halogens is 3. The Balaban J connectivity index is 3.02. The maximum Gasteiger partial charge on any atom is 0.341 e. The smallest absolute Gasteiger partial charge is 0.341 e. The molecule has 2 aromatic rings. The molecule has 20 heavy (non-hydrogen) atoms. The summed E-state index contributed by atoms with van der Waals surface area (Å²) in [6.07, 6.45) is 1.44. The van der Waals surface area contributed by atoms with E-state index in [2.05, 4.69) is 0 Å². The Labute approximate surface area is 111 Å². The van der Waals surface area contributed by atoms with E-state index in [4.69, 9.17) is 5.11 Å². The molecule has 106 valence electrons. The molecule has 0 aliphatic rings. The Kier molecular flexibility index (Phi) is 3.52. The monoisotopic (exact) mass is 285 g/mol. The molecule has 0 fully saturated rings. The molecule has 0 spiro atoms. The SMILES string of the molecule is CCCn1cc(C(=O)O)c(=O)c2cc(F)c(F)c(F)c21. The van der Waals surface area contributed by atoms with Gasteiger partial charge in [0, 0.05) is 12.7 Å². The van der Waals surface area contributed by atoms with Gasteiger partial charge in [0.2, 0.25) is 5.43 Å². The Hall–Kier alpha value is -2.31. The standard InChI is InChI=1S/C13H10F3NO3/c1-2-3-17-5-7(13(19)20)12(18)6-4-8(14)9(15)10(16)11(6)17/h4-5H,2-3H2,1H3,(H,19,20). The van der Waals surface area contributed by atoms with Gasteiger partial charge in [-0.05, 0) is 12.5 Å². The number of fused-ring (bicyclic) bond motifs is 1. The molecule has 0 aliphatic carbocycles. The van der Waals surface area contributed by atoms with Gasteiger partial charge in [-0.15, -0.1) is 0 Å². The molecule has 0 atom stereocenters. The van der Waals surface area contributed by atoms with Gasteiger partial charge in [0.25, 0.3) is 0 Å². The van der Waals surface area contributed by atoms with Crippen molar-refractivity contribution in [3.05, 3.63) is 45.5 Å². The van der Waals surface area contributed by atoms with E-state index < -0.39 is 45.3 Å². The second kappa shape index (κ2) is 4.99. The van der Waals surface area contributed by atoms with Crippen LogP contribution < -0.4 is 5.43 Å². The molecule has 1 aromatic heterocycles. The number of rotatable bonds is 3. The van der Waals surface area contributed by atoms with E-state index in [9.17, 15) is 22.8 Å². The van der Waals surface area contributed by atoms with Crippen LogP contribution in [0.4, 0.5) is 13.2 Å². The van der Waals surface area contributed by atoms with Gasteiger partial charge in [0.1, 0.15) is 5.56 Å². The predicted octanol–water partition coefficient (Wildman–Crippen LogP) is 2.53. The van der Waals surface area contributed by atoms with E-state index in [-0.39, 0.29) is 6.54 Å². The first kappa shape index (κ1) is 14.1. The number of carbonyl (C=O) groups is 1. The normalized spacial score (nSPS) is 11.0. The number of pyridine rings is 1. The van der Waals surface area contributed by atoms with Gasteiger partial charge in [-0.3, -0.25) is 4.79 Å². The van der Waals surface area contributed by atoms with Crippen LogP contribution in [0.3, 0.4) is 0 Å². The summed E-state index contributed by atoms with van der Waals surface area (Å²) in [5.74, 6) is -6.23. The van der Waals surface area contributed by atoms with E-state index >= 15 is 0 Å². The number of aromatic carboxylic acids is 1. The van der Waals surface area contributed by atoms with Crippen LogP contribution in [0, 0.1) is 17.5 Å². The molecule has 1 heterocycles. The highest BCUT2D eigenvalue weighted by atomic mass is 19.2. The number of benzene rings is 1. The number of carboxylic acid groups (broad SMARTS) is 1. The highest BCUT2D eigenvalue weighted by Crippen LogP contribution is 2.22. The van der Waals surface area contributed by atoms with Gasteiger partial charge >= 0.3 is 5.97 Å². The summed E-state index contributed by atoms with van der Waals surface area (Å²) in [4.78, 5) is 22.9. The molecule has 7 heteroatoms. The topological polar surface area (TPSA) is 59.3 Å². The van der Waals surface area contributed by atoms with E-state index in [1.807, 2.05) is 0 Å². The molecule has 0 aliphatic heterocycles. The third kappa shape index (κ3) is 2.04. The van der Waals surface area contributed by atoms with Crippen LogP contribution in [0.25, 0.3) is 10.9 Å². The van der Waals surface area contributed by atoms with Gasteiger partial charge in [-0.1, -0.05) is 6.92 Å². The first-order valence-corrected chi connectivity index (χ1v) is 5.82. The molecule has 2 rings (SSSR count). The lowest BCUT2D eigenvalue weighted by molar-refractivity contribution is 0.0694. The van der Waals surface area contributed by atoms with Crippen LogP contribution in [-0.4, -0.2) is 15.6 Å². The van der Waals surface area contributed by atoms with Crippen LogP contribution in [0.5, 0.6) is 0 Å². The number of carboxylic acids is 1. The summed E-state index contributed by atoms with van der Waals surface area (Å²) in [6, 6.07) is 0.522. The summed E-state index contributed by atoms with van der Waals surface area (Å²) in [5.41, 5.74) is -2.09. The van der Waals surface area contributed by atoms with Gasteiger partial charge in [-0.2, -0.15) is 0 Å². The van der Waals surface area contributed by atoms with E-state index in [1.54, 1.807) is 6.92 Å². The molecule has 0 amide bonds. The van der Waals surface area contributed by atoms with Crippen molar-refractivity contribution < 1.29 is 23.1 Å². The maximum absolute atomic E-state index is 13.8. The fourth-order valence-corrected chi connectivity index (χ4v) is 2.03. The van der Waals surface area contributed by atoms with Crippen molar-refractivity contribution in [3.8, 4) is 0 Å². The minimum Gasteiger partial charge on any atom is -0.477 e. The minimum absolute atomic E-state index is 0.166. The first-order chi connectivity index (χ1) is 9.38. The summed E-state index contributed by atoms with van der Waals surface area (Å²) >= 11 is 0. The molecule has 1 N–H and O–H groups in total. The Bertz CT molecular complexity index is 768. The molecule has 0 bridgehead atoms. The number of aromatic nitrogens is 1. The van der Waals surface area contributed by atoms with Crippen molar-refractivity contribution in [2.24, 2.45) is 0 Å². The highest BCUT2D eigenvalue weighted by Gasteiger charge is 2.21. The van der Waals surface area contributed by atoms with Crippen molar-refractivity contribution in [2.75, 3.05) is 0 Å². The van der Waals surface area contributed by atoms with Crippen LogP contribution in [0.1, 0.15) is 23.7 Å². The molecule has 0 unspecified atom stereocenters. The van der Waals surface area contributed by atoms with Crippen LogP contribution in [0.2, 0.25) is 0 Å². The van der Waals surface area contributed by atoms with Gasteiger partial charge in [0.15, 0.2) is 17.5 Å². The second-order valence-corrected chi connectivity index (χ2v) is 4.25. The molecule has 0 saturated carbocycles. The Morgan fingerprint density at radius 2 is 1.95 bits per heavy atom. The lowest BCUT2D eigenvalue weighted by Crippen LogP contribution is -2.20. The third-order valence-corrected chi connectivity index (χ3v) is 2.89. The van der Waals surface area contributed by atoms with Gasteiger partial charge < -0.3 is 9.67 Å². The molecule has 4 nitrogen and oxygen atoms in total. The average molecular weight is 285 g/mol. The fraction of sp³-hybridized carbons (Fsp3) is 0.231. The van der Waals surface area contributed by atoms with Crippen molar-refractivity contribution in [1.82, 2.24) is 4.57 Å². The summed E-state index contributed by atoms with van der Waals surface area (Å²) in [6.45, 7) is 1.90. The second-order valence-electron chi connectivity index (χ2n) is 4.25. The third-order valence-electron chi connectivity index (χ3n) is 2.89. The molecule has 0 radical (unpaired) electrons. The average Bonchev–Trinajstić information content (AvgIpc) is 2.39. The largest absolute Gasteiger partial charge is 0.477 e. The molecule has 1 aromatic carbocycles. The van der Waals surface area contributed by atoms with Crippen molar-refractivity contribution in [2.45, 2.75) is 19.9 Å². The van der Waals surface area contributed by atoms with E-state index in [0.29, 0.717) is 12.5 Å². The van der Waals surface area contributed by atoms with Crippen molar-refractivity contribution >= 4 is 16.9 Å². The van der Waals surface area contributed by atoms with Crippen LogP contribution in [0.15, 0.2) is 17.1 Å². The van der Waals surface area contributed by atoms with E-state index in [1.165, 1.54) is 0 Å². The minimum atomic E-state index is -1.69. The maximum atomic E-state index is 13.8.